The summed E-state index contributed by atoms with van der Waals surface area (Å²) in [4.78, 5) is 0. The van der Waals surface area contributed by atoms with E-state index in [1.54, 1.807) is 0 Å². The summed E-state index contributed by atoms with van der Waals surface area (Å²) >= 11 is 0. The molecule has 64 heavy (non-hydrogen) atoms. The van der Waals surface area contributed by atoms with Crippen molar-refractivity contribution in [3.8, 4) is 61.3 Å². The lowest BCUT2D eigenvalue weighted by Gasteiger charge is -2.25. The molecule has 0 radical (unpaired) electrons. The van der Waals surface area contributed by atoms with E-state index in [9.17, 15) is 0 Å². The van der Waals surface area contributed by atoms with Crippen molar-refractivity contribution in [1.29, 1.82) is 0 Å². The van der Waals surface area contributed by atoms with Gasteiger partial charge in [-0.3, -0.25) is 0 Å². The number of hydrogen-bond donors (Lipinski definition) is 1. The summed E-state index contributed by atoms with van der Waals surface area (Å²) in [5.41, 5.74) is 17.5. The van der Waals surface area contributed by atoms with E-state index in [0.29, 0.717) is 0 Å². The van der Waals surface area contributed by atoms with E-state index in [-0.39, 0.29) is 0 Å². The Hall–Kier alpha value is -8.46. The van der Waals surface area contributed by atoms with E-state index in [1.807, 2.05) is 0 Å². The highest BCUT2D eigenvalue weighted by molar-refractivity contribution is 6.27. The third-order valence-electron chi connectivity index (χ3n) is 12.8. The van der Waals surface area contributed by atoms with Crippen LogP contribution in [0.25, 0.3) is 105 Å². The SMILES string of the molecule is c1ccc(Nc2ccc3c(-c4ccccc4-c4ccccc4)c4ccccc4c(-c4ccccc4-c4ccccc4)c3c2-c2ccc(-n3c4ccccc4c4ccccc43)cc2)cc1. The predicted molar refractivity (Wildman–Crippen MR) is 273 cm³/mol. The monoisotopic (exact) mass is 814 g/mol. The van der Waals surface area contributed by atoms with Crippen LogP contribution in [0.5, 0.6) is 0 Å². The summed E-state index contributed by atoms with van der Waals surface area (Å²) in [5, 5.41) is 11.2. The molecule has 0 aliphatic rings. The summed E-state index contributed by atoms with van der Waals surface area (Å²) in [6.07, 6.45) is 0. The zero-order valence-electron chi connectivity index (χ0n) is 35.1. The molecule has 12 aromatic rings. The second kappa shape index (κ2) is 15.8. The zero-order chi connectivity index (χ0) is 42.4. The lowest BCUT2D eigenvalue weighted by molar-refractivity contribution is 1.18. The smallest absolute Gasteiger partial charge is 0.0541 e. The largest absolute Gasteiger partial charge is 0.355 e. The van der Waals surface area contributed by atoms with Gasteiger partial charge in [0.05, 0.1) is 11.0 Å². The fourth-order valence-corrected chi connectivity index (χ4v) is 10.0. The predicted octanol–water partition coefficient (Wildman–Crippen LogP) is 17.2. The average Bonchev–Trinajstić information content (AvgIpc) is 3.71. The van der Waals surface area contributed by atoms with E-state index < -0.39 is 0 Å². The number of para-hydroxylation sites is 3. The number of hydrogen-bond acceptors (Lipinski definition) is 1. The van der Waals surface area contributed by atoms with Crippen LogP contribution in [-0.4, -0.2) is 4.57 Å². The van der Waals surface area contributed by atoms with Crippen LogP contribution in [0.1, 0.15) is 0 Å². The third-order valence-corrected chi connectivity index (χ3v) is 12.8. The number of benzene rings is 11. The standard InChI is InChI=1S/C62H42N2/c1-4-20-42(21-5-1)47-26-10-12-30-51(47)60-53-32-14-15-33-54(53)61(52-31-13-11-27-48(52)43-22-6-2-7-23-43)62-55(60)40-41-56(63-45-24-8-3-9-25-45)59(62)44-36-38-46(39-37-44)64-57-34-18-16-28-49(57)50-29-17-19-35-58(50)64/h1-41,63H. The van der Waals surface area contributed by atoms with Crippen molar-refractivity contribution in [2.75, 3.05) is 5.32 Å². The minimum absolute atomic E-state index is 1.03. The molecule has 0 saturated carbocycles. The molecule has 0 amide bonds. The zero-order valence-corrected chi connectivity index (χ0v) is 35.1. The molecular formula is C62H42N2. The van der Waals surface area contributed by atoms with Gasteiger partial charge in [-0.2, -0.15) is 0 Å². The van der Waals surface area contributed by atoms with Crippen LogP contribution in [0.3, 0.4) is 0 Å². The van der Waals surface area contributed by atoms with Gasteiger partial charge < -0.3 is 9.88 Å². The molecule has 1 N–H and O–H groups in total. The third kappa shape index (κ3) is 6.27. The quantitative estimate of drug-likeness (QED) is 0.151. The minimum atomic E-state index is 1.03. The summed E-state index contributed by atoms with van der Waals surface area (Å²) in [6.45, 7) is 0. The molecule has 0 atom stereocenters. The number of nitrogens with one attached hydrogen (secondary N) is 1. The van der Waals surface area contributed by atoms with Crippen molar-refractivity contribution in [2.24, 2.45) is 0 Å². The van der Waals surface area contributed by atoms with Crippen molar-refractivity contribution in [2.45, 2.75) is 0 Å². The lowest BCUT2D eigenvalue weighted by Crippen LogP contribution is -2.00. The molecule has 0 fully saturated rings. The van der Waals surface area contributed by atoms with Crippen molar-refractivity contribution < 1.29 is 0 Å². The summed E-state index contributed by atoms with van der Waals surface area (Å²) in [5.74, 6) is 0. The van der Waals surface area contributed by atoms with Gasteiger partial charge in [-0.05, 0) is 109 Å². The molecule has 0 saturated heterocycles. The Balaban J connectivity index is 1.22. The highest BCUT2D eigenvalue weighted by Crippen LogP contribution is 2.52. The van der Waals surface area contributed by atoms with Crippen molar-refractivity contribution >= 4 is 54.7 Å². The first-order valence-corrected chi connectivity index (χ1v) is 22.0. The Bertz CT molecular complexity index is 3610. The van der Waals surface area contributed by atoms with Crippen LogP contribution in [0, 0.1) is 0 Å². The van der Waals surface area contributed by atoms with Crippen molar-refractivity contribution in [3.63, 3.8) is 0 Å². The number of aromatic nitrogens is 1. The first-order chi connectivity index (χ1) is 31.8. The summed E-state index contributed by atoms with van der Waals surface area (Å²) in [7, 11) is 0. The fourth-order valence-electron chi connectivity index (χ4n) is 10.0. The number of anilines is 2. The van der Waals surface area contributed by atoms with Crippen LogP contribution in [0.4, 0.5) is 11.4 Å². The van der Waals surface area contributed by atoms with E-state index in [1.165, 1.54) is 87.9 Å². The first kappa shape index (κ1) is 37.3. The van der Waals surface area contributed by atoms with Gasteiger partial charge in [0, 0.05) is 38.8 Å². The Morgan fingerprint density at radius 3 is 1.27 bits per heavy atom. The van der Waals surface area contributed by atoms with Gasteiger partial charge in [-0.25, -0.2) is 0 Å². The van der Waals surface area contributed by atoms with Gasteiger partial charge in [0.1, 0.15) is 0 Å². The average molecular weight is 815 g/mol. The van der Waals surface area contributed by atoms with Crippen LogP contribution in [0.15, 0.2) is 249 Å². The molecule has 300 valence electrons. The van der Waals surface area contributed by atoms with E-state index in [0.717, 1.165) is 28.2 Å². The van der Waals surface area contributed by atoms with Crippen LogP contribution in [-0.2, 0) is 0 Å². The van der Waals surface area contributed by atoms with Crippen molar-refractivity contribution in [3.05, 3.63) is 249 Å². The number of rotatable bonds is 8. The highest BCUT2D eigenvalue weighted by atomic mass is 15.0. The Morgan fingerprint density at radius 1 is 0.266 bits per heavy atom. The summed E-state index contributed by atoms with van der Waals surface area (Å²) in [6, 6.07) is 90.4. The molecule has 1 aromatic heterocycles. The van der Waals surface area contributed by atoms with E-state index in [4.69, 9.17) is 0 Å². The molecule has 12 rings (SSSR count). The fraction of sp³-hybridized carbons (Fsp3) is 0. The highest BCUT2D eigenvalue weighted by Gasteiger charge is 2.25. The Labute approximate surface area is 373 Å². The molecule has 2 nitrogen and oxygen atoms in total. The minimum Gasteiger partial charge on any atom is -0.355 e. The maximum absolute atomic E-state index is 3.92. The summed E-state index contributed by atoms with van der Waals surface area (Å²) < 4.78 is 2.40. The van der Waals surface area contributed by atoms with Gasteiger partial charge in [-0.15, -0.1) is 0 Å². The van der Waals surface area contributed by atoms with Gasteiger partial charge >= 0.3 is 0 Å². The van der Waals surface area contributed by atoms with Gasteiger partial charge in [0.15, 0.2) is 0 Å². The van der Waals surface area contributed by atoms with E-state index in [2.05, 4.69) is 259 Å². The molecule has 11 aromatic carbocycles. The van der Waals surface area contributed by atoms with Crippen molar-refractivity contribution in [1.82, 2.24) is 4.57 Å². The molecule has 1 heterocycles. The normalized spacial score (nSPS) is 11.4. The molecule has 0 bridgehead atoms. The van der Waals surface area contributed by atoms with Gasteiger partial charge in [0.2, 0.25) is 0 Å². The Kier molecular flexibility index (Phi) is 9.20. The topological polar surface area (TPSA) is 17.0 Å². The van der Waals surface area contributed by atoms with Gasteiger partial charge in [-0.1, -0.05) is 206 Å². The molecule has 0 unspecified atom stereocenters. The second-order valence-electron chi connectivity index (χ2n) is 16.4. The van der Waals surface area contributed by atoms with Crippen LogP contribution < -0.4 is 5.32 Å². The maximum atomic E-state index is 3.92. The van der Waals surface area contributed by atoms with Crippen LogP contribution in [0.2, 0.25) is 0 Å². The molecule has 2 heteroatoms. The number of nitrogens with zero attached hydrogens (tertiary/aromatic N) is 1. The maximum Gasteiger partial charge on any atom is 0.0541 e. The number of fused-ring (bicyclic) bond motifs is 5. The van der Waals surface area contributed by atoms with Crippen LogP contribution >= 0.6 is 0 Å². The first-order valence-electron chi connectivity index (χ1n) is 22.0. The molecule has 0 aliphatic carbocycles. The lowest BCUT2D eigenvalue weighted by atomic mass is 9.80. The molecule has 0 spiro atoms. The molecular weight excluding hydrogens is 773 g/mol. The Morgan fingerprint density at radius 2 is 0.703 bits per heavy atom. The van der Waals surface area contributed by atoms with E-state index >= 15 is 0 Å². The second-order valence-corrected chi connectivity index (χ2v) is 16.4. The van der Waals surface area contributed by atoms with Gasteiger partial charge in [0.25, 0.3) is 0 Å². The molecule has 0 aliphatic heterocycles.